The van der Waals surface area contributed by atoms with Crippen molar-refractivity contribution in [2.24, 2.45) is 0 Å². The summed E-state index contributed by atoms with van der Waals surface area (Å²) < 4.78 is 39.9. The fourth-order valence-electron chi connectivity index (χ4n) is 1.42. The van der Waals surface area contributed by atoms with Gasteiger partial charge in [-0.3, -0.25) is 4.72 Å². The molecule has 100 valence electrons. The lowest BCUT2D eigenvalue weighted by molar-refractivity contribution is 0.570. The first kappa shape index (κ1) is 13.2. The number of benzene rings is 1. The SMILES string of the molecule is Cc1cc(F)c(S(=O)(=O)Nc2cccnn2)cc1N. The molecule has 0 radical (unpaired) electrons. The molecule has 0 amide bonds. The van der Waals surface area contributed by atoms with Gasteiger partial charge in [0.15, 0.2) is 5.82 Å². The number of hydrogen-bond donors (Lipinski definition) is 2. The van der Waals surface area contributed by atoms with Gasteiger partial charge in [-0.1, -0.05) is 0 Å². The number of anilines is 2. The van der Waals surface area contributed by atoms with E-state index in [1.54, 1.807) is 6.92 Å². The van der Waals surface area contributed by atoms with E-state index in [9.17, 15) is 12.8 Å². The number of nitrogen functional groups attached to an aromatic ring is 1. The van der Waals surface area contributed by atoms with Crippen LogP contribution in [0.2, 0.25) is 0 Å². The summed E-state index contributed by atoms with van der Waals surface area (Å²) in [6, 6.07) is 5.05. The molecular weight excluding hydrogens is 271 g/mol. The molecule has 2 aromatic rings. The lowest BCUT2D eigenvalue weighted by atomic mass is 10.2. The Hall–Kier alpha value is -2.22. The third-order valence-electron chi connectivity index (χ3n) is 2.42. The molecule has 0 unspecified atom stereocenters. The average molecular weight is 282 g/mol. The van der Waals surface area contributed by atoms with E-state index < -0.39 is 20.7 Å². The summed E-state index contributed by atoms with van der Waals surface area (Å²) in [5, 5.41) is 7.09. The predicted octanol–water partition coefficient (Wildman–Crippen LogP) is 1.31. The summed E-state index contributed by atoms with van der Waals surface area (Å²) in [5.41, 5.74) is 6.26. The van der Waals surface area contributed by atoms with Gasteiger partial charge in [0, 0.05) is 11.9 Å². The molecular formula is C11H11FN4O2S. The second-order valence-corrected chi connectivity index (χ2v) is 5.50. The van der Waals surface area contributed by atoms with Gasteiger partial charge < -0.3 is 5.73 Å². The summed E-state index contributed by atoms with van der Waals surface area (Å²) in [5.74, 6) is -0.871. The number of nitrogens with two attached hydrogens (primary N) is 1. The van der Waals surface area contributed by atoms with Gasteiger partial charge in [0.05, 0.1) is 0 Å². The molecule has 2 rings (SSSR count). The fraction of sp³-hybridized carbons (Fsp3) is 0.0909. The molecule has 0 aliphatic carbocycles. The molecule has 0 saturated carbocycles. The fourth-order valence-corrected chi connectivity index (χ4v) is 2.52. The first-order chi connectivity index (χ1) is 8.90. The molecule has 8 heteroatoms. The van der Waals surface area contributed by atoms with Crippen molar-refractivity contribution in [2.75, 3.05) is 10.5 Å². The number of aryl methyl sites for hydroxylation is 1. The number of halogens is 1. The lowest BCUT2D eigenvalue weighted by Gasteiger charge is -2.09. The molecule has 1 heterocycles. The van der Waals surface area contributed by atoms with Crippen molar-refractivity contribution in [1.82, 2.24) is 10.2 Å². The number of hydrogen-bond acceptors (Lipinski definition) is 5. The summed E-state index contributed by atoms with van der Waals surface area (Å²) in [6.45, 7) is 1.59. The number of nitrogens with one attached hydrogen (secondary N) is 1. The Labute approximate surface area is 109 Å². The van der Waals surface area contributed by atoms with E-state index in [0.717, 1.165) is 12.1 Å². The highest BCUT2D eigenvalue weighted by molar-refractivity contribution is 7.92. The first-order valence-corrected chi connectivity index (χ1v) is 6.74. The summed E-state index contributed by atoms with van der Waals surface area (Å²) >= 11 is 0. The zero-order valence-corrected chi connectivity index (χ0v) is 10.8. The summed E-state index contributed by atoms with van der Waals surface area (Å²) in [6.07, 6.45) is 1.39. The molecule has 0 aliphatic rings. The van der Waals surface area contributed by atoms with Crippen LogP contribution in [-0.4, -0.2) is 18.6 Å². The molecule has 0 saturated heterocycles. The largest absolute Gasteiger partial charge is 0.398 e. The Morgan fingerprint density at radius 1 is 1.37 bits per heavy atom. The van der Waals surface area contributed by atoms with E-state index in [4.69, 9.17) is 5.73 Å². The van der Waals surface area contributed by atoms with Crippen molar-refractivity contribution in [1.29, 1.82) is 0 Å². The lowest BCUT2D eigenvalue weighted by Crippen LogP contribution is -2.16. The molecule has 0 spiro atoms. The number of aromatic nitrogens is 2. The van der Waals surface area contributed by atoms with E-state index in [0.29, 0.717) is 5.56 Å². The van der Waals surface area contributed by atoms with Crippen LogP contribution >= 0.6 is 0 Å². The highest BCUT2D eigenvalue weighted by Gasteiger charge is 2.21. The standard InChI is InChI=1S/C11H11FN4O2S/c1-7-5-8(12)10(6-9(7)13)19(17,18)16-11-3-2-4-14-15-11/h2-6H,13H2,1H3,(H,15,16). The minimum Gasteiger partial charge on any atom is -0.398 e. The Kier molecular flexibility index (Phi) is 3.34. The molecule has 1 aromatic carbocycles. The number of nitrogens with zero attached hydrogens (tertiary/aromatic N) is 2. The van der Waals surface area contributed by atoms with Gasteiger partial charge in [0.25, 0.3) is 10.0 Å². The molecule has 0 atom stereocenters. The van der Waals surface area contributed by atoms with Gasteiger partial charge in [0.1, 0.15) is 10.7 Å². The minimum absolute atomic E-state index is 0.000969. The molecule has 6 nitrogen and oxygen atoms in total. The van der Waals surface area contributed by atoms with Gasteiger partial charge in [-0.2, -0.15) is 5.10 Å². The molecule has 0 fully saturated rings. The van der Waals surface area contributed by atoms with Crippen LogP contribution in [0.25, 0.3) is 0 Å². The predicted molar refractivity (Wildman–Crippen MR) is 68.4 cm³/mol. The van der Waals surface area contributed by atoms with Gasteiger partial charge >= 0.3 is 0 Å². The quantitative estimate of drug-likeness (QED) is 0.827. The smallest absolute Gasteiger partial charge is 0.266 e. The topological polar surface area (TPSA) is 98.0 Å². The van der Waals surface area contributed by atoms with Crippen LogP contribution in [0.15, 0.2) is 35.4 Å². The van der Waals surface area contributed by atoms with Crippen molar-refractivity contribution in [3.8, 4) is 0 Å². The Balaban J connectivity index is 2.43. The zero-order chi connectivity index (χ0) is 14.0. The van der Waals surface area contributed by atoms with Gasteiger partial charge in [0.2, 0.25) is 0 Å². The maximum absolute atomic E-state index is 13.7. The van der Waals surface area contributed by atoms with Crippen LogP contribution in [-0.2, 0) is 10.0 Å². The minimum atomic E-state index is -4.09. The molecule has 1 aromatic heterocycles. The maximum atomic E-state index is 13.7. The Morgan fingerprint density at radius 3 is 2.74 bits per heavy atom. The average Bonchev–Trinajstić information content (AvgIpc) is 2.34. The number of sulfonamides is 1. The maximum Gasteiger partial charge on any atom is 0.266 e. The van der Waals surface area contributed by atoms with Crippen LogP contribution < -0.4 is 10.5 Å². The van der Waals surface area contributed by atoms with Crippen molar-refractivity contribution >= 4 is 21.5 Å². The van der Waals surface area contributed by atoms with Crippen molar-refractivity contribution in [3.63, 3.8) is 0 Å². The molecule has 19 heavy (non-hydrogen) atoms. The highest BCUT2D eigenvalue weighted by atomic mass is 32.2. The zero-order valence-electron chi connectivity index (χ0n) is 9.96. The van der Waals surface area contributed by atoms with E-state index in [1.807, 2.05) is 0 Å². The van der Waals surface area contributed by atoms with Gasteiger partial charge in [-0.05, 0) is 36.8 Å². The third kappa shape index (κ3) is 2.79. The van der Waals surface area contributed by atoms with E-state index >= 15 is 0 Å². The first-order valence-electron chi connectivity index (χ1n) is 5.26. The van der Waals surface area contributed by atoms with Crippen molar-refractivity contribution in [3.05, 3.63) is 41.8 Å². The third-order valence-corrected chi connectivity index (χ3v) is 3.79. The second kappa shape index (κ2) is 4.81. The van der Waals surface area contributed by atoms with Gasteiger partial charge in [-0.15, -0.1) is 5.10 Å². The van der Waals surface area contributed by atoms with Crippen molar-refractivity contribution in [2.45, 2.75) is 11.8 Å². The van der Waals surface area contributed by atoms with E-state index in [1.165, 1.54) is 18.3 Å². The summed E-state index contributed by atoms with van der Waals surface area (Å²) in [4.78, 5) is -0.527. The number of rotatable bonds is 3. The molecule has 0 bridgehead atoms. The highest BCUT2D eigenvalue weighted by Crippen LogP contribution is 2.22. The van der Waals surface area contributed by atoms with E-state index in [-0.39, 0.29) is 11.5 Å². The monoisotopic (exact) mass is 282 g/mol. The van der Waals surface area contributed by atoms with Crippen LogP contribution in [0.4, 0.5) is 15.9 Å². The van der Waals surface area contributed by atoms with Crippen LogP contribution in [0, 0.1) is 12.7 Å². The van der Waals surface area contributed by atoms with E-state index in [2.05, 4.69) is 14.9 Å². The molecule has 0 aliphatic heterocycles. The second-order valence-electron chi connectivity index (χ2n) is 3.85. The summed E-state index contributed by atoms with van der Waals surface area (Å²) in [7, 11) is -4.09. The van der Waals surface area contributed by atoms with Crippen LogP contribution in [0.1, 0.15) is 5.56 Å². The van der Waals surface area contributed by atoms with Crippen molar-refractivity contribution < 1.29 is 12.8 Å². The normalized spacial score (nSPS) is 11.3. The van der Waals surface area contributed by atoms with Gasteiger partial charge in [-0.25, -0.2) is 12.8 Å². The Morgan fingerprint density at radius 2 is 2.11 bits per heavy atom. The molecule has 3 N–H and O–H groups in total. The Bertz CT molecular complexity index is 704. The van der Waals surface area contributed by atoms with Crippen LogP contribution in [0.5, 0.6) is 0 Å². The van der Waals surface area contributed by atoms with Crippen LogP contribution in [0.3, 0.4) is 0 Å².